The number of hydrogen-bond donors (Lipinski definition) is 0. The molecule has 0 N–H and O–H groups in total. The molecule has 0 aliphatic carbocycles. The van der Waals surface area contributed by atoms with Crippen LogP contribution >= 0.6 is 0 Å². The zero-order valence-corrected chi connectivity index (χ0v) is 17.2. The maximum absolute atomic E-state index is 12.9. The van der Waals surface area contributed by atoms with Gasteiger partial charge in [-0.2, -0.15) is 17.0 Å². The highest BCUT2D eigenvalue weighted by Gasteiger charge is 2.35. The normalized spacial score (nSPS) is 18.4. The highest BCUT2D eigenvalue weighted by Crippen LogP contribution is 2.31. The van der Waals surface area contributed by atoms with Crippen LogP contribution in [0.1, 0.15) is 25.6 Å². The van der Waals surface area contributed by atoms with Crippen LogP contribution in [0.15, 0.2) is 36.7 Å². The van der Waals surface area contributed by atoms with Gasteiger partial charge in [-0.15, -0.1) is 0 Å². The van der Waals surface area contributed by atoms with Crippen molar-refractivity contribution in [2.75, 3.05) is 39.9 Å². The topological polar surface area (TPSA) is 84.9 Å². The van der Waals surface area contributed by atoms with Crippen LogP contribution < -0.4 is 4.74 Å². The summed E-state index contributed by atoms with van der Waals surface area (Å²) in [4.78, 5) is 8.94. The Morgan fingerprint density at radius 1 is 1.18 bits per heavy atom. The number of benzene rings is 1. The first-order valence-corrected chi connectivity index (χ1v) is 10.7. The van der Waals surface area contributed by atoms with Gasteiger partial charge in [-0.05, 0) is 24.3 Å². The minimum atomic E-state index is -3.53. The van der Waals surface area contributed by atoms with Crippen molar-refractivity contribution in [2.24, 2.45) is 0 Å². The van der Waals surface area contributed by atoms with Crippen LogP contribution in [0.5, 0.6) is 5.75 Å². The Balaban J connectivity index is 1.89. The van der Waals surface area contributed by atoms with Crippen molar-refractivity contribution < 1.29 is 17.9 Å². The van der Waals surface area contributed by atoms with E-state index in [0.717, 1.165) is 11.3 Å². The van der Waals surface area contributed by atoms with Crippen LogP contribution in [0.4, 0.5) is 0 Å². The van der Waals surface area contributed by atoms with Crippen LogP contribution in [0, 0.1) is 0 Å². The zero-order chi connectivity index (χ0) is 20.1. The number of hydrogen-bond acceptors (Lipinski definition) is 6. The quantitative estimate of drug-likeness (QED) is 0.700. The summed E-state index contributed by atoms with van der Waals surface area (Å²) in [6, 6.07) is 7.51. The Labute approximate surface area is 166 Å². The van der Waals surface area contributed by atoms with Crippen molar-refractivity contribution in [3.05, 3.63) is 42.4 Å². The summed E-state index contributed by atoms with van der Waals surface area (Å²) in [5.41, 5.74) is 2.18. The molecule has 1 atom stereocenters. The van der Waals surface area contributed by atoms with Gasteiger partial charge in [-0.3, -0.25) is 9.97 Å². The van der Waals surface area contributed by atoms with E-state index in [4.69, 9.17) is 9.47 Å². The number of morpholine rings is 1. The van der Waals surface area contributed by atoms with Gasteiger partial charge in [0.2, 0.25) is 0 Å². The fourth-order valence-corrected chi connectivity index (χ4v) is 4.88. The number of methoxy groups -OCH3 is 1. The molecule has 1 fully saturated rings. The zero-order valence-electron chi connectivity index (χ0n) is 16.4. The molecule has 1 aromatic heterocycles. The predicted molar refractivity (Wildman–Crippen MR) is 106 cm³/mol. The van der Waals surface area contributed by atoms with Crippen molar-refractivity contribution >= 4 is 10.2 Å². The largest absolute Gasteiger partial charge is 0.497 e. The van der Waals surface area contributed by atoms with Crippen LogP contribution in [0.2, 0.25) is 0 Å². The Hall–Kier alpha value is -2.07. The molecule has 1 aliphatic rings. The van der Waals surface area contributed by atoms with Crippen molar-refractivity contribution in [3.8, 4) is 17.0 Å². The number of nitrogens with zero attached hydrogens (tertiary/aromatic N) is 4. The summed E-state index contributed by atoms with van der Waals surface area (Å²) in [6.07, 6.45) is 2.74. The van der Waals surface area contributed by atoms with Crippen molar-refractivity contribution in [1.82, 2.24) is 18.6 Å². The van der Waals surface area contributed by atoms with Gasteiger partial charge in [0.05, 0.1) is 25.1 Å². The molecule has 0 radical (unpaired) electrons. The van der Waals surface area contributed by atoms with Gasteiger partial charge in [0.25, 0.3) is 10.2 Å². The summed E-state index contributed by atoms with van der Waals surface area (Å²) in [5, 5.41) is 0. The van der Waals surface area contributed by atoms with E-state index in [-0.39, 0.29) is 6.54 Å². The Bertz CT molecular complexity index is 885. The van der Waals surface area contributed by atoms with Crippen molar-refractivity contribution in [3.63, 3.8) is 0 Å². The summed E-state index contributed by atoms with van der Waals surface area (Å²) < 4.78 is 39.8. The van der Waals surface area contributed by atoms with Gasteiger partial charge in [0, 0.05) is 44.1 Å². The summed E-state index contributed by atoms with van der Waals surface area (Å²) >= 11 is 0. The summed E-state index contributed by atoms with van der Waals surface area (Å²) in [7, 11) is -1.92. The second-order valence-corrected chi connectivity index (χ2v) is 8.26. The molecule has 1 aromatic carbocycles. The van der Waals surface area contributed by atoms with E-state index >= 15 is 0 Å². The second kappa shape index (κ2) is 8.95. The van der Waals surface area contributed by atoms with Gasteiger partial charge < -0.3 is 9.47 Å². The van der Waals surface area contributed by atoms with Gasteiger partial charge in [-0.1, -0.05) is 13.8 Å². The molecule has 28 heavy (non-hydrogen) atoms. The molecule has 0 saturated carbocycles. The lowest BCUT2D eigenvalue weighted by molar-refractivity contribution is -0.00642. The van der Waals surface area contributed by atoms with E-state index in [2.05, 4.69) is 9.97 Å². The molecule has 3 rings (SSSR count). The minimum absolute atomic E-state index is 0.209. The predicted octanol–water partition coefficient (Wildman–Crippen LogP) is 2.11. The summed E-state index contributed by atoms with van der Waals surface area (Å²) in [6.45, 7) is 5.39. The third-order valence-corrected chi connectivity index (χ3v) is 6.94. The molecule has 0 unspecified atom stereocenters. The molecule has 0 amide bonds. The number of ether oxygens (including phenoxy) is 2. The van der Waals surface area contributed by atoms with Crippen LogP contribution in [0.25, 0.3) is 11.3 Å². The molecule has 9 heteroatoms. The standard InChI is InChI=1S/C19H26N4O4S/c1-4-22(5-2)28(24,25)23-12-13-27-17(14-23)19-18(20-10-11-21-19)15-6-8-16(26-3)9-7-15/h6-11,17H,4-5,12-14H2,1-3H3/t17-/m1/s1. The lowest BCUT2D eigenvalue weighted by Crippen LogP contribution is -2.49. The van der Waals surface area contributed by atoms with E-state index < -0.39 is 16.3 Å². The van der Waals surface area contributed by atoms with Gasteiger partial charge >= 0.3 is 0 Å². The van der Waals surface area contributed by atoms with Crippen molar-refractivity contribution in [2.45, 2.75) is 20.0 Å². The highest BCUT2D eigenvalue weighted by molar-refractivity contribution is 7.86. The molecule has 2 aromatic rings. The van der Waals surface area contributed by atoms with Crippen LogP contribution in [-0.2, 0) is 14.9 Å². The average molecular weight is 407 g/mol. The first-order chi connectivity index (χ1) is 13.5. The van der Waals surface area contributed by atoms with Crippen LogP contribution in [0.3, 0.4) is 0 Å². The van der Waals surface area contributed by atoms with Gasteiger partial charge in [0.1, 0.15) is 11.9 Å². The number of aromatic nitrogens is 2. The van der Waals surface area contributed by atoms with Crippen molar-refractivity contribution in [1.29, 1.82) is 0 Å². The Kier molecular flexibility index (Phi) is 6.61. The number of rotatable bonds is 7. The third kappa shape index (κ3) is 4.17. The highest BCUT2D eigenvalue weighted by atomic mass is 32.2. The minimum Gasteiger partial charge on any atom is -0.497 e. The molecule has 0 bridgehead atoms. The fourth-order valence-electron chi connectivity index (χ4n) is 3.27. The molecule has 1 saturated heterocycles. The molecule has 2 heterocycles. The third-order valence-electron chi connectivity index (χ3n) is 4.78. The molecular weight excluding hydrogens is 380 g/mol. The van der Waals surface area contributed by atoms with Crippen LogP contribution in [-0.4, -0.2) is 66.9 Å². The van der Waals surface area contributed by atoms with Gasteiger partial charge in [-0.25, -0.2) is 0 Å². The maximum Gasteiger partial charge on any atom is 0.282 e. The first kappa shape index (κ1) is 20.7. The fraction of sp³-hybridized carbons (Fsp3) is 0.474. The van der Waals surface area contributed by atoms with E-state index in [9.17, 15) is 8.42 Å². The van der Waals surface area contributed by atoms with E-state index in [0.29, 0.717) is 37.6 Å². The lowest BCUT2D eigenvalue weighted by atomic mass is 10.1. The molecule has 1 aliphatic heterocycles. The smallest absolute Gasteiger partial charge is 0.282 e. The Morgan fingerprint density at radius 2 is 1.86 bits per heavy atom. The lowest BCUT2D eigenvalue weighted by Gasteiger charge is -2.35. The second-order valence-electron chi connectivity index (χ2n) is 6.33. The SMILES string of the molecule is CCN(CC)S(=O)(=O)N1CCO[C@@H](c2nccnc2-c2ccc(OC)cc2)C1. The average Bonchev–Trinajstić information content (AvgIpc) is 2.74. The van der Waals surface area contributed by atoms with Gasteiger partial charge in [0.15, 0.2) is 0 Å². The van der Waals surface area contributed by atoms with E-state index in [1.165, 1.54) is 8.61 Å². The Morgan fingerprint density at radius 3 is 2.50 bits per heavy atom. The van der Waals surface area contributed by atoms with E-state index in [1.807, 2.05) is 38.1 Å². The first-order valence-electron chi connectivity index (χ1n) is 9.33. The molecular formula is C19H26N4O4S. The molecule has 8 nitrogen and oxygen atoms in total. The maximum atomic E-state index is 12.9. The molecule has 0 spiro atoms. The monoisotopic (exact) mass is 406 g/mol. The van der Waals surface area contributed by atoms with E-state index in [1.54, 1.807) is 19.5 Å². The summed E-state index contributed by atoms with van der Waals surface area (Å²) in [5.74, 6) is 0.750. The molecule has 152 valence electrons.